The summed E-state index contributed by atoms with van der Waals surface area (Å²) < 4.78 is 21.7. The van der Waals surface area contributed by atoms with Crippen molar-refractivity contribution in [1.82, 2.24) is 16.1 Å². The molecule has 1 heterocycles. The molecule has 1 aliphatic heterocycles. The Hall–Kier alpha value is -4.69. The first kappa shape index (κ1) is 27.9. The number of nitrogens with zero attached hydrogens (tertiary/aromatic N) is 1. The summed E-state index contributed by atoms with van der Waals surface area (Å²) in [5.74, 6) is 3.22. The Labute approximate surface area is 220 Å². The van der Waals surface area contributed by atoms with Gasteiger partial charge in [-0.3, -0.25) is 5.43 Å². The fraction of sp³-hybridized carbons (Fsp3) is 0.296. The molecule has 0 aliphatic carbocycles. The lowest BCUT2D eigenvalue weighted by molar-refractivity contribution is -0.136. The van der Waals surface area contributed by atoms with Crippen molar-refractivity contribution in [1.29, 1.82) is 0 Å². The summed E-state index contributed by atoms with van der Waals surface area (Å²) in [6, 6.07) is 10.9. The Kier molecular flexibility index (Phi) is 9.96. The molecule has 2 amide bonds. The Morgan fingerprint density at radius 2 is 1.97 bits per heavy atom. The number of aliphatic hydroxyl groups is 1. The lowest BCUT2D eigenvalue weighted by Gasteiger charge is -2.28. The van der Waals surface area contributed by atoms with E-state index in [0.717, 1.165) is 5.56 Å². The van der Waals surface area contributed by atoms with E-state index < -0.39 is 24.3 Å². The fourth-order valence-corrected chi connectivity index (χ4v) is 3.60. The van der Waals surface area contributed by atoms with E-state index in [9.17, 15) is 14.7 Å². The Morgan fingerprint density at radius 1 is 1.21 bits per heavy atom. The Bertz CT molecular complexity index is 1230. The molecule has 11 heteroatoms. The van der Waals surface area contributed by atoms with E-state index in [1.54, 1.807) is 49.4 Å². The molecule has 1 aliphatic rings. The van der Waals surface area contributed by atoms with E-state index in [0.29, 0.717) is 35.1 Å². The third kappa shape index (κ3) is 7.41. The van der Waals surface area contributed by atoms with Crippen LogP contribution in [0, 0.1) is 12.3 Å². The summed E-state index contributed by atoms with van der Waals surface area (Å²) in [6.45, 7) is 3.84. The van der Waals surface area contributed by atoms with Crippen LogP contribution in [0.3, 0.4) is 0 Å². The zero-order chi connectivity index (χ0) is 27.5. The van der Waals surface area contributed by atoms with Gasteiger partial charge in [-0.05, 0) is 61.4 Å². The number of allylic oxidation sites excluding steroid dienone is 1. The van der Waals surface area contributed by atoms with Crippen molar-refractivity contribution in [2.24, 2.45) is 5.10 Å². The Balaban J connectivity index is 1.65. The van der Waals surface area contributed by atoms with Crippen LogP contribution >= 0.6 is 0 Å². The lowest BCUT2D eigenvalue weighted by Crippen LogP contribution is -2.45. The van der Waals surface area contributed by atoms with Gasteiger partial charge in [0.25, 0.3) is 0 Å². The van der Waals surface area contributed by atoms with Gasteiger partial charge in [0, 0.05) is 5.70 Å². The summed E-state index contributed by atoms with van der Waals surface area (Å²) >= 11 is 0. The number of benzene rings is 2. The minimum absolute atomic E-state index is 0.133. The van der Waals surface area contributed by atoms with E-state index in [1.165, 1.54) is 13.3 Å². The highest BCUT2D eigenvalue weighted by atomic mass is 16.5. The predicted molar refractivity (Wildman–Crippen MR) is 140 cm³/mol. The van der Waals surface area contributed by atoms with Crippen molar-refractivity contribution in [2.45, 2.75) is 26.1 Å². The lowest BCUT2D eigenvalue weighted by atomic mass is 9.95. The van der Waals surface area contributed by atoms with Gasteiger partial charge in [-0.15, -0.1) is 6.42 Å². The molecule has 0 fully saturated rings. The summed E-state index contributed by atoms with van der Waals surface area (Å²) in [5.41, 5.74) is 4.64. The SMILES string of the molecule is C#CCOc1ccc(/C=N\N[C@H](O)COc2ccc([C@@H]3NC(=O)NC(C)=C3C(=O)OC)cc2OCC)cc1. The average molecular weight is 523 g/mol. The van der Waals surface area contributed by atoms with Crippen LogP contribution in [-0.2, 0) is 9.53 Å². The first-order valence-electron chi connectivity index (χ1n) is 11.7. The van der Waals surface area contributed by atoms with E-state index in [4.69, 9.17) is 25.4 Å². The highest BCUT2D eigenvalue weighted by Crippen LogP contribution is 2.34. The number of terminal acetylenes is 1. The molecular formula is C27H30N4O7. The largest absolute Gasteiger partial charge is 0.490 e. The minimum atomic E-state index is -1.11. The zero-order valence-corrected chi connectivity index (χ0v) is 21.3. The first-order valence-corrected chi connectivity index (χ1v) is 11.7. The third-order valence-electron chi connectivity index (χ3n) is 5.31. The van der Waals surface area contributed by atoms with Gasteiger partial charge in [0.2, 0.25) is 0 Å². The maximum absolute atomic E-state index is 12.4. The van der Waals surface area contributed by atoms with Crippen LogP contribution < -0.4 is 30.3 Å². The van der Waals surface area contributed by atoms with Gasteiger partial charge in [-0.2, -0.15) is 5.10 Å². The number of methoxy groups -OCH3 is 1. The smallest absolute Gasteiger partial charge is 0.337 e. The maximum Gasteiger partial charge on any atom is 0.337 e. The van der Waals surface area contributed by atoms with Crippen LogP contribution in [0.5, 0.6) is 17.2 Å². The molecule has 2 atom stereocenters. The monoisotopic (exact) mass is 522 g/mol. The minimum Gasteiger partial charge on any atom is -0.490 e. The number of carbonyl (C=O) groups excluding carboxylic acids is 2. The van der Waals surface area contributed by atoms with Gasteiger partial charge in [-0.25, -0.2) is 9.59 Å². The second-order valence-corrected chi connectivity index (χ2v) is 7.98. The number of rotatable bonds is 12. The second-order valence-electron chi connectivity index (χ2n) is 7.98. The predicted octanol–water partition coefficient (Wildman–Crippen LogP) is 2.22. The molecule has 0 spiro atoms. The van der Waals surface area contributed by atoms with Crippen molar-refractivity contribution >= 4 is 18.2 Å². The number of esters is 1. The molecule has 38 heavy (non-hydrogen) atoms. The van der Waals surface area contributed by atoms with Gasteiger partial charge >= 0.3 is 12.0 Å². The van der Waals surface area contributed by atoms with Crippen LogP contribution in [0.2, 0.25) is 0 Å². The molecule has 11 nitrogen and oxygen atoms in total. The molecule has 0 bridgehead atoms. The maximum atomic E-state index is 12.4. The van der Waals surface area contributed by atoms with Crippen molar-refractivity contribution in [3.8, 4) is 29.6 Å². The fourth-order valence-electron chi connectivity index (χ4n) is 3.60. The van der Waals surface area contributed by atoms with Gasteiger partial charge < -0.3 is 34.7 Å². The van der Waals surface area contributed by atoms with Crippen LogP contribution in [0.4, 0.5) is 4.79 Å². The number of ether oxygens (including phenoxy) is 4. The molecule has 2 aromatic carbocycles. The molecule has 3 rings (SSSR count). The molecule has 2 aromatic rings. The summed E-state index contributed by atoms with van der Waals surface area (Å²) in [7, 11) is 1.27. The van der Waals surface area contributed by atoms with Crippen LogP contribution in [-0.4, -0.2) is 56.5 Å². The number of aliphatic hydroxyl groups excluding tert-OH is 1. The van der Waals surface area contributed by atoms with E-state index in [2.05, 4.69) is 27.1 Å². The molecule has 0 saturated carbocycles. The topological polar surface area (TPSA) is 140 Å². The quantitative estimate of drug-likeness (QED) is 0.109. The molecule has 200 valence electrons. The van der Waals surface area contributed by atoms with Crippen molar-refractivity contribution in [3.63, 3.8) is 0 Å². The van der Waals surface area contributed by atoms with Gasteiger partial charge in [0.15, 0.2) is 17.7 Å². The van der Waals surface area contributed by atoms with E-state index in [-0.39, 0.29) is 18.8 Å². The molecule has 0 radical (unpaired) electrons. The summed E-state index contributed by atoms with van der Waals surface area (Å²) in [5, 5.41) is 19.6. The highest BCUT2D eigenvalue weighted by Gasteiger charge is 2.32. The summed E-state index contributed by atoms with van der Waals surface area (Å²) in [6.07, 6.45) is 5.60. The number of hydrogen-bond donors (Lipinski definition) is 4. The summed E-state index contributed by atoms with van der Waals surface area (Å²) in [4.78, 5) is 24.4. The number of hydrazone groups is 1. The number of hydrogen-bond acceptors (Lipinski definition) is 9. The molecule has 0 unspecified atom stereocenters. The molecule has 0 saturated heterocycles. The van der Waals surface area contributed by atoms with Crippen LogP contribution in [0.25, 0.3) is 0 Å². The van der Waals surface area contributed by atoms with E-state index in [1.807, 2.05) is 6.92 Å². The van der Waals surface area contributed by atoms with Crippen molar-refractivity contribution in [2.75, 3.05) is 26.9 Å². The normalized spacial score (nSPS) is 15.7. The van der Waals surface area contributed by atoms with Crippen LogP contribution in [0.1, 0.15) is 31.0 Å². The number of urea groups is 1. The average Bonchev–Trinajstić information content (AvgIpc) is 2.91. The van der Waals surface area contributed by atoms with Crippen LogP contribution in [0.15, 0.2) is 58.8 Å². The number of amides is 2. The molecule has 0 aromatic heterocycles. The first-order chi connectivity index (χ1) is 18.4. The molecular weight excluding hydrogens is 492 g/mol. The van der Waals surface area contributed by atoms with Gasteiger partial charge in [-0.1, -0.05) is 12.0 Å². The van der Waals surface area contributed by atoms with E-state index >= 15 is 0 Å². The number of nitrogens with one attached hydrogen (secondary N) is 3. The third-order valence-corrected chi connectivity index (χ3v) is 5.31. The zero-order valence-electron chi connectivity index (χ0n) is 21.3. The van der Waals surface area contributed by atoms with Crippen molar-refractivity contribution in [3.05, 3.63) is 64.9 Å². The highest BCUT2D eigenvalue weighted by molar-refractivity contribution is 5.95. The molecule has 4 N–H and O–H groups in total. The van der Waals surface area contributed by atoms with Gasteiger partial charge in [0.1, 0.15) is 19.0 Å². The second kappa shape index (κ2) is 13.6. The van der Waals surface area contributed by atoms with Gasteiger partial charge in [0.05, 0.1) is 31.5 Å². The standard InChI is InChI=1S/C27H30N4O7/c1-5-13-37-20-10-7-18(8-11-20)15-28-31-23(32)16-38-21-12-9-19(14-22(21)36-6-2)25-24(26(33)35-4)17(3)29-27(34)30-25/h1,7-12,14-15,23,25,31-32H,6,13,16H2,2-4H3,(H2,29,30,34)/b28-15-/t23-,25+/m1/s1. The number of carbonyl (C=O) groups is 2. The van der Waals surface area contributed by atoms with Crippen molar-refractivity contribution < 1.29 is 33.6 Å². The Morgan fingerprint density at radius 3 is 2.66 bits per heavy atom.